The average molecular weight is 484 g/mol. The summed E-state index contributed by atoms with van der Waals surface area (Å²) >= 11 is 5.93. The summed E-state index contributed by atoms with van der Waals surface area (Å²) in [5.41, 5.74) is 1.93. The maximum Gasteiger partial charge on any atom is 0.226 e. The van der Waals surface area contributed by atoms with Crippen LogP contribution in [0.15, 0.2) is 30.7 Å². The second kappa shape index (κ2) is 10.4. The molecule has 0 radical (unpaired) electrons. The molecule has 2 saturated heterocycles. The van der Waals surface area contributed by atoms with E-state index in [0.29, 0.717) is 28.5 Å². The normalized spacial score (nSPS) is 18.5. The van der Waals surface area contributed by atoms with Crippen molar-refractivity contribution in [2.24, 2.45) is 11.8 Å². The highest BCUT2D eigenvalue weighted by Crippen LogP contribution is 2.30. The van der Waals surface area contributed by atoms with E-state index in [9.17, 15) is 4.39 Å². The summed E-state index contributed by atoms with van der Waals surface area (Å²) in [6.07, 6.45) is 11.0. The molecule has 5 rings (SSSR count). The molecule has 2 fully saturated rings. The second-order valence-electron chi connectivity index (χ2n) is 9.63. The highest BCUT2D eigenvalue weighted by Gasteiger charge is 2.24. The predicted molar refractivity (Wildman–Crippen MR) is 134 cm³/mol. The number of hydrogen-bond acceptors (Lipinski definition) is 7. The average Bonchev–Trinajstić information content (AvgIpc) is 2.86. The van der Waals surface area contributed by atoms with E-state index in [2.05, 4.69) is 37.1 Å². The zero-order chi connectivity index (χ0) is 23.5. The molecule has 0 bridgehead atoms. The van der Waals surface area contributed by atoms with Crippen LogP contribution in [0.2, 0.25) is 5.02 Å². The van der Waals surface area contributed by atoms with Crippen LogP contribution in [-0.2, 0) is 0 Å². The molecule has 0 spiro atoms. The molecule has 0 unspecified atom stereocenters. The molecule has 0 atom stereocenters. The molecule has 3 aromatic rings. The van der Waals surface area contributed by atoms with E-state index in [1.165, 1.54) is 70.1 Å². The number of piperidine rings is 2. The quantitative estimate of drug-likeness (QED) is 0.510. The zero-order valence-electron chi connectivity index (χ0n) is 19.6. The van der Waals surface area contributed by atoms with Crippen molar-refractivity contribution in [3.05, 3.63) is 41.6 Å². The molecule has 0 saturated carbocycles. The lowest BCUT2D eigenvalue weighted by atomic mass is 9.85. The molecule has 1 aromatic carbocycles. The van der Waals surface area contributed by atoms with Crippen molar-refractivity contribution in [1.82, 2.24) is 24.8 Å². The summed E-state index contributed by atoms with van der Waals surface area (Å²) in [5.74, 6) is 2.49. The van der Waals surface area contributed by atoms with Gasteiger partial charge in [0.15, 0.2) is 5.82 Å². The van der Waals surface area contributed by atoms with Gasteiger partial charge in [-0.25, -0.2) is 24.3 Å². The summed E-state index contributed by atoms with van der Waals surface area (Å²) in [6.45, 7) is 4.43. The third-order valence-corrected chi connectivity index (χ3v) is 7.56. The Morgan fingerprint density at radius 1 is 1.00 bits per heavy atom. The first-order chi connectivity index (χ1) is 16.5. The van der Waals surface area contributed by atoms with E-state index in [4.69, 9.17) is 16.6 Å². The molecule has 180 valence electrons. The van der Waals surface area contributed by atoms with Gasteiger partial charge in [0.1, 0.15) is 23.2 Å². The van der Waals surface area contributed by atoms with Gasteiger partial charge in [0.25, 0.3) is 0 Å². The molecule has 9 heteroatoms. The van der Waals surface area contributed by atoms with E-state index < -0.39 is 5.82 Å². The summed E-state index contributed by atoms with van der Waals surface area (Å²) < 4.78 is 13.5. The van der Waals surface area contributed by atoms with Crippen LogP contribution in [-0.4, -0.2) is 58.1 Å². The third-order valence-electron chi connectivity index (χ3n) is 7.27. The number of benzene rings is 1. The van der Waals surface area contributed by atoms with Gasteiger partial charge in [-0.3, -0.25) is 0 Å². The van der Waals surface area contributed by atoms with Crippen LogP contribution >= 0.6 is 11.6 Å². The van der Waals surface area contributed by atoms with Crippen LogP contribution in [0.3, 0.4) is 0 Å². The second-order valence-corrected chi connectivity index (χ2v) is 10.0. The Labute approximate surface area is 204 Å². The van der Waals surface area contributed by atoms with Crippen molar-refractivity contribution in [2.45, 2.75) is 38.5 Å². The van der Waals surface area contributed by atoms with Crippen molar-refractivity contribution >= 4 is 40.1 Å². The van der Waals surface area contributed by atoms with E-state index in [1.54, 1.807) is 12.3 Å². The van der Waals surface area contributed by atoms with Crippen LogP contribution < -0.4 is 10.2 Å². The number of fused-ring (bicyclic) bond motifs is 1. The Morgan fingerprint density at radius 3 is 2.41 bits per heavy atom. The van der Waals surface area contributed by atoms with Crippen molar-refractivity contribution in [2.75, 3.05) is 43.4 Å². The van der Waals surface area contributed by atoms with Gasteiger partial charge in [-0.05, 0) is 75.9 Å². The lowest BCUT2D eigenvalue weighted by Gasteiger charge is -2.34. The molecule has 1 N–H and O–H groups in total. The van der Waals surface area contributed by atoms with Crippen LogP contribution in [0, 0.1) is 17.7 Å². The number of halogens is 2. The fourth-order valence-corrected chi connectivity index (χ4v) is 5.22. The predicted octanol–water partition coefficient (Wildman–Crippen LogP) is 5.29. The Bertz CT molecular complexity index is 1130. The Hall–Kier alpha value is -2.58. The van der Waals surface area contributed by atoms with E-state index in [0.717, 1.165) is 24.9 Å². The van der Waals surface area contributed by atoms with Gasteiger partial charge >= 0.3 is 0 Å². The summed E-state index contributed by atoms with van der Waals surface area (Å²) in [7, 11) is 2.23. The maximum atomic E-state index is 13.5. The first-order valence-electron chi connectivity index (χ1n) is 12.2. The molecule has 0 amide bonds. The number of anilines is 3. The van der Waals surface area contributed by atoms with E-state index in [-0.39, 0.29) is 5.02 Å². The number of aromatic nitrogens is 4. The van der Waals surface area contributed by atoms with Crippen LogP contribution in [0.5, 0.6) is 0 Å². The minimum atomic E-state index is -0.459. The highest BCUT2D eigenvalue weighted by atomic mass is 35.5. The summed E-state index contributed by atoms with van der Waals surface area (Å²) in [4.78, 5) is 22.7. The number of hydrogen-bond donors (Lipinski definition) is 1. The van der Waals surface area contributed by atoms with Crippen molar-refractivity contribution in [3.8, 4) is 0 Å². The van der Waals surface area contributed by atoms with Crippen molar-refractivity contribution < 1.29 is 4.39 Å². The van der Waals surface area contributed by atoms with Gasteiger partial charge in [-0.2, -0.15) is 0 Å². The van der Waals surface area contributed by atoms with Crippen LogP contribution in [0.25, 0.3) is 11.0 Å². The van der Waals surface area contributed by atoms with Crippen LogP contribution in [0.4, 0.5) is 21.8 Å². The smallest absolute Gasteiger partial charge is 0.226 e. The summed E-state index contributed by atoms with van der Waals surface area (Å²) in [5, 5.41) is 3.24. The molecule has 0 aliphatic carbocycles. The van der Waals surface area contributed by atoms with Crippen molar-refractivity contribution in [3.63, 3.8) is 0 Å². The van der Waals surface area contributed by atoms with Gasteiger partial charge < -0.3 is 15.1 Å². The third kappa shape index (κ3) is 5.39. The molecule has 4 heterocycles. The highest BCUT2D eigenvalue weighted by molar-refractivity contribution is 6.31. The van der Waals surface area contributed by atoms with Gasteiger partial charge in [-0.1, -0.05) is 24.4 Å². The first kappa shape index (κ1) is 23.2. The number of nitrogens with one attached hydrogen (secondary N) is 1. The number of nitrogens with zero attached hydrogens (tertiary/aromatic N) is 6. The minimum absolute atomic E-state index is 0.0531. The van der Waals surface area contributed by atoms with Crippen molar-refractivity contribution in [1.29, 1.82) is 0 Å². The van der Waals surface area contributed by atoms with Gasteiger partial charge in [0.2, 0.25) is 5.95 Å². The Morgan fingerprint density at radius 2 is 1.71 bits per heavy atom. The molecule has 7 nitrogen and oxygen atoms in total. The minimum Gasteiger partial charge on any atom is -0.341 e. The SMILES string of the molecule is CN1CCC(CCC2CCN(c3ncc4ncnc(Nc5ccc(F)c(Cl)c5)c4n3)CC2)CC1. The van der Waals surface area contributed by atoms with E-state index in [1.807, 2.05) is 0 Å². The topological polar surface area (TPSA) is 70.1 Å². The standard InChI is InChI=1S/C25H31ClFN7/c1-33-10-6-17(7-11-33)2-3-18-8-12-34(13-9-18)25-28-15-22-23(32-25)24(30-16-29-22)31-19-4-5-21(27)20(26)14-19/h4-5,14-18H,2-3,6-13H2,1H3,(H,29,30,31). The fraction of sp³-hybridized carbons (Fsp3) is 0.520. The first-order valence-corrected chi connectivity index (χ1v) is 12.6. The molecular formula is C25H31ClFN7. The molecule has 34 heavy (non-hydrogen) atoms. The zero-order valence-corrected chi connectivity index (χ0v) is 20.3. The summed E-state index contributed by atoms with van der Waals surface area (Å²) in [6, 6.07) is 4.47. The van der Waals surface area contributed by atoms with Gasteiger partial charge in [0.05, 0.1) is 11.2 Å². The Kier molecular flexibility index (Phi) is 7.06. The largest absolute Gasteiger partial charge is 0.341 e. The van der Waals surface area contributed by atoms with E-state index >= 15 is 0 Å². The lowest BCUT2D eigenvalue weighted by molar-refractivity contribution is 0.200. The monoisotopic (exact) mass is 483 g/mol. The Balaban J connectivity index is 1.23. The fourth-order valence-electron chi connectivity index (χ4n) is 5.04. The number of rotatable bonds is 6. The lowest BCUT2D eigenvalue weighted by Crippen LogP contribution is -2.35. The van der Waals surface area contributed by atoms with Gasteiger partial charge in [-0.15, -0.1) is 0 Å². The maximum absolute atomic E-state index is 13.5. The molecule has 2 aliphatic heterocycles. The molecule has 2 aliphatic rings. The molecular weight excluding hydrogens is 453 g/mol. The molecule has 2 aromatic heterocycles. The van der Waals surface area contributed by atoms with Crippen LogP contribution in [0.1, 0.15) is 38.5 Å². The van der Waals surface area contributed by atoms with Gasteiger partial charge in [0, 0.05) is 18.8 Å². The number of likely N-dealkylation sites (tertiary alicyclic amines) is 1.